The van der Waals surface area contributed by atoms with Crippen LogP contribution in [-0.4, -0.2) is 36.2 Å². The third kappa shape index (κ3) is 4.47. The summed E-state index contributed by atoms with van der Waals surface area (Å²) in [5.41, 5.74) is 1.23. The second-order valence-corrected chi connectivity index (χ2v) is 7.52. The molecule has 0 spiro atoms. The maximum atomic E-state index is 13.1. The Balaban J connectivity index is 1.59. The number of likely N-dealkylation sites (tertiary alicyclic amines) is 1. The molecule has 31 heavy (non-hydrogen) atoms. The fourth-order valence-corrected chi connectivity index (χ4v) is 4.04. The van der Waals surface area contributed by atoms with Crippen molar-refractivity contribution in [2.75, 3.05) is 20.4 Å². The zero-order valence-electron chi connectivity index (χ0n) is 17.3. The number of methoxy groups -OCH3 is 1. The first-order chi connectivity index (χ1) is 15.1. The Labute approximate surface area is 180 Å². The molecular weight excluding hydrogens is 400 g/mol. The van der Waals surface area contributed by atoms with Crippen molar-refractivity contribution in [2.45, 2.75) is 31.7 Å². The van der Waals surface area contributed by atoms with Gasteiger partial charge in [-0.15, -0.1) is 0 Å². The smallest absolute Gasteiger partial charge is 0.280 e. The summed E-state index contributed by atoms with van der Waals surface area (Å²) in [6, 6.07) is 10.6. The summed E-state index contributed by atoms with van der Waals surface area (Å²) >= 11 is 0. The quantitative estimate of drug-likeness (QED) is 0.399. The number of ether oxygens (including phenoxy) is 3. The van der Waals surface area contributed by atoms with Crippen LogP contribution in [0.1, 0.15) is 42.9 Å². The number of carbonyl (C=O) groups excluding carboxylic acids is 1. The van der Waals surface area contributed by atoms with Crippen LogP contribution >= 0.6 is 0 Å². The Morgan fingerprint density at radius 2 is 1.90 bits per heavy atom. The molecule has 1 atom stereocenters. The number of carbonyl (C=O) groups is 1. The molecule has 4 rings (SSSR count). The number of hydrogen-bond donors (Lipinski definition) is 0. The van der Waals surface area contributed by atoms with Gasteiger partial charge >= 0.3 is 0 Å². The highest BCUT2D eigenvalue weighted by molar-refractivity contribution is 5.93. The molecule has 1 amide bonds. The van der Waals surface area contributed by atoms with Crippen molar-refractivity contribution in [1.82, 2.24) is 4.90 Å². The Morgan fingerprint density at radius 1 is 1.16 bits per heavy atom. The lowest BCUT2D eigenvalue weighted by molar-refractivity contribution is -0.385. The fourth-order valence-electron chi connectivity index (χ4n) is 4.04. The van der Waals surface area contributed by atoms with Gasteiger partial charge in [-0.3, -0.25) is 14.9 Å². The first-order valence-corrected chi connectivity index (χ1v) is 10.3. The zero-order chi connectivity index (χ0) is 21.8. The summed E-state index contributed by atoms with van der Waals surface area (Å²) in [6.07, 6.45) is 6.79. The molecule has 0 radical (unpaired) electrons. The van der Waals surface area contributed by atoms with Gasteiger partial charge in [0, 0.05) is 12.6 Å². The van der Waals surface area contributed by atoms with Gasteiger partial charge < -0.3 is 19.1 Å². The Hall–Kier alpha value is -3.55. The molecule has 2 heterocycles. The molecule has 2 aliphatic heterocycles. The van der Waals surface area contributed by atoms with E-state index in [1.807, 2.05) is 29.2 Å². The SMILES string of the molecule is COc1ccc([C@H]2CCCCCN2C(=O)/C=C/c2cc3c(cc2[N+](=O)[O-])OCO3)cc1. The van der Waals surface area contributed by atoms with Crippen molar-refractivity contribution in [2.24, 2.45) is 0 Å². The first kappa shape index (κ1) is 20.7. The van der Waals surface area contributed by atoms with E-state index >= 15 is 0 Å². The third-order valence-corrected chi connectivity index (χ3v) is 5.66. The largest absolute Gasteiger partial charge is 0.497 e. The van der Waals surface area contributed by atoms with Crippen LogP contribution in [0.4, 0.5) is 5.69 Å². The lowest BCUT2D eigenvalue weighted by atomic mass is 10.0. The standard InChI is InChI=1S/C23H24N2O6/c1-29-18-9-6-16(7-10-18)19-5-3-2-4-12-24(19)23(26)11-8-17-13-21-22(31-15-30-21)14-20(17)25(27)28/h6-11,13-14,19H,2-5,12,15H2,1H3/b11-8+/t19-/m1/s1. The molecule has 1 fully saturated rings. The van der Waals surface area contributed by atoms with Gasteiger partial charge in [0.25, 0.3) is 5.69 Å². The number of fused-ring (bicyclic) bond motifs is 1. The number of nitro benzene ring substituents is 1. The van der Waals surface area contributed by atoms with Crippen LogP contribution in [0.5, 0.6) is 17.2 Å². The second-order valence-electron chi connectivity index (χ2n) is 7.52. The predicted molar refractivity (Wildman–Crippen MR) is 114 cm³/mol. The van der Waals surface area contributed by atoms with E-state index in [-0.39, 0.29) is 24.4 Å². The molecule has 2 aromatic carbocycles. The molecule has 2 aliphatic rings. The monoisotopic (exact) mass is 424 g/mol. The number of nitrogens with zero attached hydrogens (tertiary/aromatic N) is 2. The highest BCUT2D eigenvalue weighted by Crippen LogP contribution is 2.38. The third-order valence-electron chi connectivity index (χ3n) is 5.66. The van der Waals surface area contributed by atoms with E-state index in [2.05, 4.69) is 0 Å². The van der Waals surface area contributed by atoms with Gasteiger partial charge in [0.2, 0.25) is 12.7 Å². The van der Waals surface area contributed by atoms with Crippen LogP contribution in [0.15, 0.2) is 42.5 Å². The van der Waals surface area contributed by atoms with Crippen LogP contribution in [0.3, 0.4) is 0 Å². The van der Waals surface area contributed by atoms with Crippen LogP contribution in [0.25, 0.3) is 6.08 Å². The minimum atomic E-state index is -0.488. The van der Waals surface area contributed by atoms with Gasteiger partial charge in [0.1, 0.15) is 5.75 Å². The number of nitro groups is 1. The van der Waals surface area contributed by atoms with E-state index in [1.165, 1.54) is 24.3 Å². The molecule has 1 saturated heterocycles. The topological polar surface area (TPSA) is 91.1 Å². The molecule has 0 aromatic heterocycles. The molecule has 8 heteroatoms. The summed E-state index contributed by atoms with van der Waals surface area (Å²) in [5, 5.41) is 11.5. The van der Waals surface area contributed by atoms with Crippen LogP contribution in [-0.2, 0) is 4.79 Å². The lowest BCUT2D eigenvalue weighted by Gasteiger charge is -2.29. The summed E-state index contributed by atoms with van der Waals surface area (Å²) < 4.78 is 15.8. The molecule has 2 aromatic rings. The zero-order valence-corrected chi connectivity index (χ0v) is 17.3. The van der Waals surface area contributed by atoms with Crippen LogP contribution in [0.2, 0.25) is 0 Å². The van der Waals surface area contributed by atoms with E-state index < -0.39 is 4.92 Å². The van der Waals surface area contributed by atoms with E-state index in [0.29, 0.717) is 23.6 Å². The van der Waals surface area contributed by atoms with E-state index in [4.69, 9.17) is 14.2 Å². The van der Waals surface area contributed by atoms with E-state index in [0.717, 1.165) is 37.0 Å². The van der Waals surface area contributed by atoms with Crippen molar-refractivity contribution in [1.29, 1.82) is 0 Å². The summed E-state index contributed by atoms with van der Waals surface area (Å²) in [4.78, 5) is 26.0. The van der Waals surface area contributed by atoms with Crippen molar-refractivity contribution in [3.05, 3.63) is 63.7 Å². The van der Waals surface area contributed by atoms with E-state index in [1.54, 1.807) is 7.11 Å². The average molecular weight is 424 g/mol. The van der Waals surface area contributed by atoms with Gasteiger partial charge in [-0.25, -0.2) is 0 Å². The summed E-state index contributed by atoms with van der Waals surface area (Å²) in [5.74, 6) is 1.37. The minimum Gasteiger partial charge on any atom is -0.497 e. The number of benzene rings is 2. The van der Waals surface area contributed by atoms with E-state index in [9.17, 15) is 14.9 Å². The van der Waals surface area contributed by atoms with Gasteiger partial charge in [-0.05, 0) is 42.7 Å². The van der Waals surface area contributed by atoms with Crippen molar-refractivity contribution < 1.29 is 23.9 Å². The Bertz CT molecular complexity index is 1000. The molecular formula is C23H24N2O6. The van der Waals surface area contributed by atoms with Gasteiger partial charge in [0.05, 0.1) is 29.7 Å². The molecule has 0 aliphatic carbocycles. The van der Waals surface area contributed by atoms with Crippen molar-refractivity contribution in [3.63, 3.8) is 0 Å². The summed E-state index contributed by atoms with van der Waals surface area (Å²) in [6.45, 7) is 0.666. The fraction of sp³-hybridized carbons (Fsp3) is 0.348. The maximum absolute atomic E-state index is 13.1. The minimum absolute atomic E-state index is 0.0237. The molecule has 0 N–H and O–H groups in total. The number of hydrogen-bond acceptors (Lipinski definition) is 6. The lowest BCUT2D eigenvalue weighted by Crippen LogP contribution is -2.33. The summed E-state index contributed by atoms with van der Waals surface area (Å²) in [7, 11) is 1.62. The molecule has 0 unspecified atom stereocenters. The molecule has 162 valence electrons. The average Bonchev–Trinajstić information content (AvgIpc) is 3.10. The molecule has 0 saturated carbocycles. The van der Waals surface area contributed by atoms with Gasteiger partial charge in [-0.1, -0.05) is 25.0 Å². The molecule has 8 nitrogen and oxygen atoms in total. The highest BCUT2D eigenvalue weighted by atomic mass is 16.7. The highest BCUT2D eigenvalue weighted by Gasteiger charge is 2.26. The maximum Gasteiger partial charge on any atom is 0.280 e. The predicted octanol–water partition coefficient (Wildman–Crippen LogP) is 4.49. The van der Waals surface area contributed by atoms with Gasteiger partial charge in [-0.2, -0.15) is 0 Å². The van der Waals surface area contributed by atoms with Gasteiger partial charge in [0.15, 0.2) is 11.5 Å². The first-order valence-electron chi connectivity index (χ1n) is 10.3. The number of amides is 1. The van der Waals surface area contributed by atoms with Crippen LogP contribution < -0.4 is 14.2 Å². The number of rotatable bonds is 5. The Morgan fingerprint density at radius 3 is 2.61 bits per heavy atom. The second kappa shape index (κ2) is 9.07. The molecule has 0 bridgehead atoms. The Kier molecular flexibility index (Phi) is 6.06. The normalized spacial score (nSPS) is 18.1. The van der Waals surface area contributed by atoms with Crippen molar-refractivity contribution >= 4 is 17.7 Å². The van der Waals surface area contributed by atoms with Crippen molar-refractivity contribution in [3.8, 4) is 17.2 Å². The van der Waals surface area contributed by atoms with Crippen LogP contribution in [0, 0.1) is 10.1 Å².